The summed E-state index contributed by atoms with van der Waals surface area (Å²) in [7, 11) is 0. The van der Waals surface area contributed by atoms with Crippen LogP contribution < -0.4 is 4.90 Å². The Hall–Kier alpha value is -5.74. The molecule has 0 N–H and O–H groups in total. The van der Waals surface area contributed by atoms with Gasteiger partial charge in [-0.05, 0) is 63.9 Å². The van der Waals surface area contributed by atoms with Gasteiger partial charge in [-0.3, -0.25) is 0 Å². The topological polar surface area (TPSA) is 3.24 Å². The summed E-state index contributed by atoms with van der Waals surface area (Å²) in [6.45, 7) is 0. The molecule has 0 aliphatic carbocycles. The van der Waals surface area contributed by atoms with Crippen LogP contribution in [0.5, 0.6) is 0 Å². The predicted octanol–water partition coefficient (Wildman–Crippen LogP) is 14.4. The highest BCUT2D eigenvalue weighted by Gasteiger charge is 2.23. The van der Waals surface area contributed by atoms with E-state index in [4.69, 9.17) is 0 Å². The molecule has 0 aliphatic heterocycles. The van der Waals surface area contributed by atoms with Crippen LogP contribution in [0.3, 0.4) is 0 Å². The van der Waals surface area contributed by atoms with E-state index in [1.54, 1.807) is 0 Å². The minimum absolute atomic E-state index is 1.13. The number of anilines is 3. The molecule has 0 fully saturated rings. The summed E-state index contributed by atoms with van der Waals surface area (Å²) in [5, 5.41) is 7.70. The lowest BCUT2D eigenvalue weighted by Crippen LogP contribution is -2.11. The third-order valence-corrected chi connectivity index (χ3v) is 12.1. The molecule has 8 aromatic carbocycles. The van der Waals surface area contributed by atoms with Crippen LogP contribution in [0.4, 0.5) is 17.1 Å². The molecule has 2 heterocycles. The first kappa shape index (κ1) is 28.3. The maximum Gasteiger partial charge on any atom is 0.0718 e. The minimum atomic E-state index is 1.13. The summed E-state index contributed by atoms with van der Waals surface area (Å²) in [6.07, 6.45) is 0. The molecule has 0 saturated carbocycles. The Kier molecular flexibility index (Phi) is 6.61. The zero-order chi connectivity index (χ0) is 32.3. The Morgan fingerprint density at radius 2 is 0.939 bits per heavy atom. The van der Waals surface area contributed by atoms with E-state index in [1.165, 1.54) is 79.1 Å². The van der Waals surface area contributed by atoms with Crippen molar-refractivity contribution in [1.82, 2.24) is 0 Å². The summed E-state index contributed by atoms with van der Waals surface area (Å²) >= 11 is 3.76. The Morgan fingerprint density at radius 1 is 0.347 bits per heavy atom. The van der Waals surface area contributed by atoms with E-state index in [9.17, 15) is 0 Å². The third kappa shape index (κ3) is 4.66. The molecule has 0 radical (unpaired) electrons. The maximum absolute atomic E-state index is 2.48. The fourth-order valence-corrected chi connectivity index (χ4v) is 9.81. The average molecular weight is 660 g/mol. The lowest BCUT2D eigenvalue weighted by molar-refractivity contribution is 1.31. The Bertz CT molecular complexity index is 2830. The van der Waals surface area contributed by atoms with E-state index >= 15 is 0 Å². The number of thiophene rings is 2. The number of benzene rings is 8. The van der Waals surface area contributed by atoms with Gasteiger partial charge in [-0.15, -0.1) is 22.7 Å². The largest absolute Gasteiger partial charge is 0.308 e. The molecule has 49 heavy (non-hydrogen) atoms. The van der Waals surface area contributed by atoms with E-state index in [0.29, 0.717) is 0 Å². The number of hydrogen-bond acceptors (Lipinski definition) is 3. The molecule has 0 unspecified atom stereocenters. The molecule has 0 aliphatic rings. The van der Waals surface area contributed by atoms with Gasteiger partial charge in [0.15, 0.2) is 0 Å². The fourth-order valence-electron chi connectivity index (χ4n) is 7.33. The highest BCUT2D eigenvalue weighted by Crippen LogP contribution is 2.50. The van der Waals surface area contributed by atoms with E-state index in [1.807, 2.05) is 22.7 Å². The van der Waals surface area contributed by atoms with Gasteiger partial charge in [0.05, 0.1) is 10.4 Å². The summed E-state index contributed by atoms with van der Waals surface area (Å²) < 4.78 is 5.25. The molecule has 10 aromatic rings. The second kappa shape index (κ2) is 11.5. The van der Waals surface area contributed by atoms with E-state index in [0.717, 1.165) is 11.4 Å². The first-order valence-electron chi connectivity index (χ1n) is 16.6. The molecular weight excluding hydrogens is 631 g/mol. The Balaban J connectivity index is 1.23. The summed E-state index contributed by atoms with van der Waals surface area (Å²) in [5.41, 5.74) is 8.40. The lowest BCUT2D eigenvalue weighted by Gasteiger charge is -2.29. The van der Waals surface area contributed by atoms with E-state index < -0.39 is 0 Å². The van der Waals surface area contributed by atoms with Gasteiger partial charge in [0.25, 0.3) is 0 Å². The first-order valence-corrected chi connectivity index (χ1v) is 18.2. The molecule has 230 valence electrons. The molecule has 0 bridgehead atoms. The average Bonchev–Trinajstić information content (AvgIpc) is 3.74. The predicted molar refractivity (Wildman–Crippen MR) is 215 cm³/mol. The Morgan fingerprint density at radius 3 is 1.71 bits per heavy atom. The molecular formula is C46H29NS2. The second-order valence-corrected chi connectivity index (χ2v) is 14.6. The number of fused-ring (bicyclic) bond motifs is 7. The van der Waals surface area contributed by atoms with Gasteiger partial charge in [0.1, 0.15) is 0 Å². The quantitative estimate of drug-likeness (QED) is 0.178. The van der Waals surface area contributed by atoms with Gasteiger partial charge < -0.3 is 4.90 Å². The van der Waals surface area contributed by atoms with Crippen LogP contribution in [0.1, 0.15) is 0 Å². The van der Waals surface area contributed by atoms with Crippen molar-refractivity contribution in [2.24, 2.45) is 0 Å². The Labute approximate surface area is 292 Å². The van der Waals surface area contributed by atoms with Crippen LogP contribution >= 0.6 is 22.7 Å². The van der Waals surface area contributed by atoms with Crippen molar-refractivity contribution in [3.8, 4) is 22.3 Å². The van der Waals surface area contributed by atoms with E-state index in [2.05, 4.69) is 181 Å². The zero-order valence-electron chi connectivity index (χ0n) is 26.5. The van der Waals surface area contributed by atoms with Gasteiger partial charge in [-0.2, -0.15) is 0 Å². The molecule has 1 nitrogen and oxygen atoms in total. The van der Waals surface area contributed by atoms with Crippen molar-refractivity contribution >= 4 is 90.9 Å². The summed E-state index contributed by atoms with van der Waals surface area (Å²) in [6, 6.07) is 64.4. The summed E-state index contributed by atoms with van der Waals surface area (Å²) in [5.74, 6) is 0. The summed E-state index contributed by atoms with van der Waals surface area (Å²) in [4.78, 5) is 2.48. The van der Waals surface area contributed by atoms with Crippen LogP contribution in [0.2, 0.25) is 0 Å². The molecule has 3 heteroatoms. The van der Waals surface area contributed by atoms with E-state index in [-0.39, 0.29) is 0 Å². The number of hydrogen-bond donors (Lipinski definition) is 0. The fraction of sp³-hybridized carbons (Fsp3) is 0. The highest BCUT2D eigenvalue weighted by atomic mass is 32.1. The third-order valence-electron chi connectivity index (χ3n) is 9.66. The van der Waals surface area contributed by atoms with Crippen molar-refractivity contribution in [1.29, 1.82) is 0 Å². The lowest BCUT2D eigenvalue weighted by atomic mass is 9.98. The zero-order valence-corrected chi connectivity index (χ0v) is 28.1. The molecule has 0 spiro atoms. The monoisotopic (exact) mass is 659 g/mol. The normalized spacial score (nSPS) is 11.7. The molecule has 0 saturated heterocycles. The van der Waals surface area contributed by atoms with Crippen LogP contribution in [0.15, 0.2) is 176 Å². The van der Waals surface area contributed by atoms with Crippen molar-refractivity contribution in [2.45, 2.75) is 0 Å². The SMILES string of the molecule is c1ccc(-c2ccc3c(sc4ccccc43)c2N(c2ccc(-c3cccc4c3sc3ccccc34)cc2)c2ccc3ccccc3c2)cc1. The first-order chi connectivity index (χ1) is 24.3. The van der Waals surface area contributed by atoms with Gasteiger partial charge in [-0.25, -0.2) is 0 Å². The van der Waals surface area contributed by atoms with Crippen LogP contribution in [-0.2, 0) is 0 Å². The smallest absolute Gasteiger partial charge is 0.0718 e. The van der Waals surface area contributed by atoms with Crippen LogP contribution in [0, 0.1) is 0 Å². The highest BCUT2D eigenvalue weighted by molar-refractivity contribution is 7.26. The molecule has 0 atom stereocenters. The molecule has 2 aromatic heterocycles. The van der Waals surface area contributed by atoms with Crippen LogP contribution in [0.25, 0.3) is 73.4 Å². The molecule has 10 rings (SSSR count). The van der Waals surface area contributed by atoms with Crippen molar-refractivity contribution in [2.75, 3.05) is 4.90 Å². The maximum atomic E-state index is 2.48. The standard InChI is InChI=1S/C46H29NS2/c1-2-12-31(13-3-1)36-27-28-41-39-16-7-9-20-43(39)49-46(41)44(36)47(35-26-21-30-11-4-5-14-33(30)29-35)34-24-22-32(23-25-34)37-17-10-18-40-38-15-6-8-19-42(38)48-45(37)40/h1-29H. The number of rotatable bonds is 5. The second-order valence-electron chi connectivity index (χ2n) is 12.5. The van der Waals surface area contributed by atoms with Crippen molar-refractivity contribution in [3.05, 3.63) is 176 Å². The van der Waals surface area contributed by atoms with Gasteiger partial charge >= 0.3 is 0 Å². The minimum Gasteiger partial charge on any atom is -0.308 e. The molecule has 0 amide bonds. The van der Waals surface area contributed by atoms with Crippen molar-refractivity contribution < 1.29 is 0 Å². The number of nitrogens with zero attached hydrogens (tertiary/aromatic N) is 1. The van der Waals surface area contributed by atoms with Gasteiger partial charge in [0.2, 0.25) is 0 Å². The van der Waals surface area contributed by atoms with Gasteiger partial charge in [0, 0.05) is 52.6 Å². The van der Waals surface area contributed by atoms with Gasteiger partial charge in [-0.1, -0.05) is 140 Å². The van der Waals surface area contributed by atoms with Crippen molar-refractivity contribution in [3.63, 3.8) is 0 Å². The van der Waals surface area contributed by atoms with Crippen LogP contribution in [-0.4, -0.2) is 0 Å².